The maximum absolute atomic E-state index is 11.5. The third-order valence-corrected chi connectivity index (χ3v) is 2.45. The molecule has 0 fully saturated rings. The molecule has 0 spiro atoms. The van der Waals surface area contributed by atoms with Gasteiger partial charge < -0.3 is 20.7 Å². The van der Waals surface area contributed by atoms with Gasteiger partial charge in [0, 0.05) is 24.9 Å². The van der Waals surface area contributed by atoms with E-state index in [2.05, 4.69) is 20.6 Å². The zero-order chi connectivity index (χ0) is 13.5. The second-order valence-electron chi connectivity index (χ2n) is 4.29. The first-order chi connectivity index (χ1) is 8.50. The number of nitrogens with one attached hydrogen (secondary N) is 3. The number of imidazole rings is 1. The van der Waals surface area contributed by atoms with Gasteiger partial charge in [-0.25, -0.2) is 14.6 Å². The summed E-state index contributed by atoms with van der Waals surface area (Å²) in [5.74, 6) is -1.20. The number of hydrogen-bond acceptors (Lipinski definition) is 3. The smallest absolute Gasteiger partial charge is 0.326 e. The SMILES string of the molecule is CC(C)C(NC(=O)NCCc1cnc[nH]1)C(=O)O. The molecular weight excluding hydrogens is 236 g/mol. The summed E-state index contributed by atoms with van der Waals surface area (Å²) in [5, 5.41) is 13.9. The molecule has 1 unspecified atom stereocenters. The van der Waals surface area contributed by atoms with Gasteiger partial charge in [-0.3, -0.25) is 0 Å². The van der Waals surface area contributed by atoms with E-state index in [0.29, 0.717) is 13.0 Å². The fourth-order valence-corrected chi connectivity index (χ4v) is 1.44. The van der Waals surface area contributed by atoms with Gasteiger partial charge in [-0.05, 0) is 5.92 Å². The van der Waals surface area contributed by atoms with Crippen LogP contribution in [0.2, 0.25) is 0 Å². The monoisotopic (exact) mass is 254 g/mol. The zero-order valence-electron chi connectivity index (χ0n) is 10.4. The average molecular weight is 254 g/mol. The lowest BCUT2D eigenvalue weighted by Crippen LogP contribution is -2.48. The molecule has 7 heteroatoms. The lowest BCUT2D eigenvalue weighted by molar-refractivity contribution is -0.140. The molecule has 0 saturated carbocycles. The van der Waals surface area contributed by atoms with Gasteiger partial charge in [0.15, 0.2) is 0 Å². The van der Waals surface area contributed by atoms with Crippen molar-refractivity contribution in [3.05, 3.63) is 18.2 Å². The van der Waals surface area contributed by atoms with Crippen molar-refractivity contribution in [1.29, 1.82) is 0 Å². The second-order valence-corrected chi connectivity index (χ2v) is 4.29. The van der Waals surface area contributed by atoms with Gasteiger partial charge in [0.1, 0.15) is 6.04 Å². The topological polar surface area (TPSA) is 107 Å². The van der Waals surface area contributed by atoms with E-state index in [0.717, 1.165) is 5.69 Å². The number of aromatic amines is 1. The van der Waals surface area contributed by atoms with Crippen LogP contribution in [0.1, 0.15) is 19.5 Å². The Morgan fingerprint density at radius 1 is 1.50 bits per heavy atom. The second kappa shape index (κ2) is 6.63. The number of carboxylic acid groups (broad SMARTS) is 1. The number of amides is 2. The summed E-state index contributed by atoms with van der Waals surface area (Å²) in [7, 11) is 0. The van der Waals surface area contributed by atoms with E-state index >= 15 is 0 Å². The standard InChI is InChI=1S/C11H18N4O3/c1-7(2)9(10(16)17)15-11(18)13-4-3-8-5-12-6-14-8/h5-7,9H,3-4H2,1-2H3,(H,12,14)(H,16,17)(H2,13,15,18). The molecular formula is C11H18N4O3. The van der Waals surface area contributed by atoms with Crippen LogP contribution in [0.5, 0.6) is 0 Å². The molecule has 0 bridgehead atoms. The number of carbonyl (C=O) groups excluding carboxylic acids is 1. The van der Waals surface area contributed by atoms with E-state index in [1.807, 2.05) is 0 Å². The highest BCUT2D eigenvalue weighted by atomic mass is 16.4. The van der Waals surface area contributed by atoms with Crippen LogP contribution in [-0.2, 0) is 11.2 Å². The minimum atomic E-state index is -1.03. The highest BCUT2D eigenvalue weighted by Crippen LogP contribution is 2.01. The summed E-state index contributed by atoms with van der Waals surface area (Å²) in [6, 6.07) is -1.35. The number of aromatic nitrogens is 2. The number of carboxylic acids is 1. The molecule has 4 N–H and O–H groups in total. The molecule has 18 heavy (non-hydrogen) atoms. The molecule has 2 amide bonds. The van der Waals surface area contributed by atoms with Crippen molar-refractivity contribution in [1.82, 2.24) is 20.6 Å². The Kier molecular flexibility index (Phi) is 5.16. The fraction of sp³-hybridized carbons (Fsp3) is 0.545. The summed E-state index contributed by atoms with van der Waals surface area (Å²) < 4.78 is 0. The lowest BCUT2D eigenvalue weighted by Gasteiger charge is -2.18. The van der Waals surface area contributed by atoms with Gasteiger partial charge in [-0.1, -0.05) is 13.8 Å². The Morgan fingerprint density at radius 2 is 2.22 bits per heavy atom. The van der Waals surface area contributed by atoms with Crippen molar-refractivity contribution >= 4 is 12.0 Å². The van der Waals surface area contributed by atoms with E-state index in [1.165, 1.54) is 0 Å². The Balaban J connectivity index is 2.30. The van der Waals surface area contributed by atoms with Gasteiger partial charge in [0.05, 0.1) is 6.33 Å². The fourth-order valence-electron chi connectivity index (χ4n) is 1.44. The van der Waals surface area contributed by atoms with Crippen molar-refractivity contribution in [2.45, 2.75) is 26.3 Å². The van der Waals surface area contributed by atoms with Gasteiger partial charge in [-0.2, -0.15) is 0 Å². The van der Waals surface area contributed by atoms with Crippen molar-refractivity contribution in [3.63, 3.8) is 0 Å². The van der Waals surface area contributed by atoms with Crippen LogP contribution in [0, 0.1) is 5.92 Å². The molecule has 100 valence electrons. The Morgan fingerprint density at radius 3 is 2.72 bits per heavy atom. The first kappa shape index (κ1) is 14.0. The number of hydrogen-bond donors (Lipinski definition) is 4. The third kappa shape index (κ3) is 4.44. The van der Waals surface area contributed by atoms with E-state index in [1.54, 1.807) is 26.4 Å². The maximum atomic E-state index is 11.5. The molecule has 0 aliphatic carbocycles. The summed E-state index contributed by atoms with van der Waals surface area (Å²) in [6.07, 6.45) is 3.86. The molecule has 0 radical (unpaired) electrons. The van der Waals surface area contributed by atoms with E-state index in [-0.39, 0.29) is 5.92 Å². The van der Waals surface area contributed by atoms with Crippen LogP contribution < -0.4 is 10.6 Å². The minimum absolute atomic E-state index is 0.166. The number of aliphatic carboxylic acids is 1. The van der Waals surface area contributed by atoms with Crippen molar-refractivity contribution in [2.24, 2.45) is 5.92 Å². The van der Waals surface area contributed by atoms with Crippen LogP contribution in [0.4, 0.5) is 4.79 Å². The van der Waals surface area contributed by atoms with Crippen LogP contribution in [0.25, 0.3) is 0 Å². The molecule has 1 aromatic heterocycles. The summed E-state index contributed by atoms with van der Waals surface area (Å²) in [4.78, 5) is 29.1. The lowest BCUT2D eigenvalue weighted by atomic mass is 10.1. The molecule has 7 nitrogen and oxygen atoms in total. The molecule has 1 atom stereocenters. The van der Waals surface area contributed by atoms with Crippen LogP contribution >= 0.6 is 0 Å². The predicted octanol–water partition coefficient (Wildman–Crippen LogP) is 0.361. The molecule has 1 rings (SSSR count). The van der Waals surface area contributed by atoms with Crippen LogP contribution in [-0.4, -0.2) is 39.7 Å². The predicted molar refractivity (Wildman–Crippen MR) is 65.1 cm³/mol. The van der Waals surface area contributed by atoms with Crippen molar-refractivity contribution < 1.29 is 14.7 Å². The highest BCUT2D eigenvalue weighted by molar-refractivity contribution is 5.82. The van der Waals surface area contributed by atoms with Crippen LogP contribution in [0.3, 0.4) is 0 Å². The van der Waals surface area contributed by atoms with E-state index in [4.69, 9.17) is 5.11 Å². The normalized spacial score (nSPS) is 12.2. The number of urea groups is 1. The third-order valence-electron chi connectivity index (χ3n) is 2.45. The zero-order valence-corrected chi connectivity index (χ0v) is 10.4. The molecule has 0 aromatic carbocycles. The van der Waals surface area contributed by atoms with Gasteiger partial charge in [0.25, 0.3) is 0 Å². The average Bonchev–Trinajstić information content (AvgIpc) is 2.78. The maximum Gasteiger partial charge on any atom is 0.326 e. The highest BCUT2D eigenvalue weighted by Gasteiger charge is 2.22. The molecule has 0 saturated heterocycles. The van der Waals surface area contributed by atoms with Crippen molar-refractivity contribution in [2.75, 3.05) is 6.54 Å². The number of H-pyrrole nitrogens is 1. The Hall–Kier alpha value is -2.05. The number of nitrogens with zero attached hydrogens (tertiary/aromatic N) is 1. The summed E-state index contributed by atoms with van der Waals surface area (Å²) in [6.45, 7) is 3.89. The van der Waals surface area contributed by atoms with Crippen LogP contribution in [0.15, 0.2) is 12.5 Å². The Labute approximate surface area is 105 Å². The molecule has 0 aliphatic rings. The first-order valence-corrected chi connectivity index (χ1v) is 5.75. The van der Waals surface area contributed by atoms with E-state index in [9.17, 15) is 9.59 Å². The largest absolute Gasteiger partial charge is 0.480 e. The van der Waals surface area contributed by atoms with Crippen molar-refractivity contribution in [3.8, 4) is 0 Å². The Bertz CT molecular complexity index is 389. The molecule has 1 aromatic rings. The number of carbonyl (C=O) groups is 2. The van der Waals surface area contributed by atoms with Gasteiger partial charge >= 0.3 is 12.0 Å². The quantitative estimate of drug-likeness (QED) is 0.588. The van der Waals surface area contributed by atoms with Gasteiger partial charge in [0.2, 0.25) is 0 Å². The first-order valence-electron chi connectivity index (χ1n) is 5.75. The summed E-state index contributed by atoms with van der Waals surface area (Å²) in [5.41, 5.74) is 0.911. The van der Waals surface area contributed by atoms with Gasteiger partial charge in [-0.15, -0.1) is 0 Å². The molecule has 0 aliphatic heterocycles. The number of rotatable bonds is 6. The molecule has 1 heterocycles. The minimum Gasteiger partial charge on any atom is -0.480 e. The summed E-state index contributed by atoms with van der Waals surface area (Å²) >= 11 is 0. The van der Waals surface area contributed by atoms with E-state index < -0.39 is 18.0 Å².